The molecule has 180 valence electrons. The Balaban J connectivity index is 1.30. The van der Waals surface area contributed by atoms with Crippen molar-refractivity contribution in [3.63, 3.8) is 0 Å². The van der Waals surface area contributed by atoms with Gasteiger partial charge in [0.15, 0.2) is 0 Å². The minimum atomic E-state index is -0.344. The molecule has 5 aromatic rings. The van der Waals surface area contributed by atoms with Crippen LogP contribution in [0.25, 0.3) is 10.9 Å². The Morgan fingerprint density at radius 3 is 1.94 bits per heavy atom. The number of carbonyl (C=O) groups excluding carboxylic acids is 1. The largest absolute Gasteiger partial charge is 0.489 e. The van der Waals surface area contributed by atoms with Crippen LogP contribution in [0.1, 0.15) is 27.2 Å². The average molecular weight is 481 g/mol. The summed E-state index contributed by atoms with van der Waals surface area (Å²) in [6.45, 7) is 1.10. The second-order valence-electron chi connectivity index (χ2n) is 8.46. The lowest BCUT2D eigenvalue weighted by Crippen LogP contribution is -2.23. The normalized spacial score (nSPS) is 10.8. The number of benzene rings is 4. The summed E-state index contributed by atoms with van der Waals surface area (Å²) in [5.74, 6) is 0.669. The van der Waals surface area contributed by atoms with Crippen molar-refractivity contribution in [2.75, 3.05) is 0 Å². The van der Waals surface area contributed by atoms with Gasteiger partial charge in [0.05, 0.1) is 0 Å². The molecule has 0 atom stereocenters. The predicted molar refractivity (Wildman–Crippen MR) is 137 cm³/mol. The third-order valence-electron chi connectivity index (χ3n) is 5.72. The van der Waals surface area contributed by atoms with Gasteiger partial charge >= 0.3 is 0 Å². The standard InChI is InChI=1S/C30H25FN2O3/c31-25-11-12-28-24(15-25)16-29(33-28)30(34)32-18-23-13-26(35-19-21-7-3-1-4-8-21)17-27(14-23)36-20-22-9-5-2-6-10-22/h1-17,33H,18-20H2,(H,32,34). The third kappa shape index (κ3) is 5.91. The van der Waals surface area contributed by atoms with Crippen molar-refractivity contribution < 1.29 is 18.7 Å². The lowest BCUT2D eigenvalue weighted by atomic mass is 10.2. The van der Waals surface area contributed by atoms with Crippen LogP contribution in [0.5, 0.6) is 11.5 Å². The Bertz CT molecular complexity index is 1400. The van der Waals surface area contributed by atoms with Gasteiger partial charge in [0.1, 0.15) is 36.2 Å². The molecular weight excluding hydrogens is 455 g/mol. The molecule has 0 spiro atoms. The third-order valence-corrected chi connectivity index (χ3v) is 5.72. The van der Waals surface area contributed by atoms with Crippen molar-refractivity contribution in [2.45, 2.75) is 19.8 Å². The second kappa shape index (κ2) is 10.8. The Kier molecular flexibility index (Phi) is 6.94. The molecular formula is C30H25FN2O3. The number of carbonyl (C=O) groups is 1. The Hall–Kier alpha value is -4.58. The molecule has 0 saturated heterocycles. The number of ether oxygens (including phenoxy) is 2. The molecule has 1 aromatic heterocycles. The van der Waals surface area contributed by atoms with Gasteiger partial charge in [0.2, 0.25) is 0 Å². The second-order valence-corrected chi connectivity index (χ2v) is 8.46. The molecule has 0 aliphatic rings. The van der Waals surface area contributed by atoms with Crippen molar-refractivity contribution in [3.8, 4) is 11.5 Å². The number of amides is 1. The number of halogens is 1. The zero-order chi connectivity index (χ0) is 24.7. The fraction of sp³-hybridized carbons (Fsp3) is 0.100. The molecule has 5 rings (SSSR count). The van der Waals surface area contributed by atoms with Crippen LogP contribution in [0.2, 0.25) is 0 Å². The van der Waals surface area contributed by atoms with Crippen molar-refractivity contribution in [2.24, 2.45) is 0 Å². The molecule has 2 N–H and O–H groups in total. The van der Waals surface area contributed by atoms with E-state index in [0.29, 0.717) is 41.3 Å². The highest BCUT2D eigenvalue weighted by Gasteiger charge is 2.11. The molecule has 6 heteroatoms. The summed E-state index contributed by atoms with van der Waals surface area (Å²) in [6.07, 6.45) is 0. The maximum atomic E-state index is 13.5. The molecule has 0 bridgehead atoms. The molecule has 4 aromatic carbocycles. The molecule has 0 aliphatic carbocycles. The predicted octanol–water partition coefficient (Wildman–Crippen LogP) is 6.40. The quantitative estimate of drug-likeness (QED) is 0.257. The van der Waals surface area contributed by atoms with Gasteiger partial charge in [-0.15, -0.1) is 0 Å². The molecule has 0 unspecified atom stereocenters. The first kappa shape index (κ1) is 23.2. The Morgan fingerprint density at radius 2 is 1.33 bits per heavy atom. The molecule has 0 radical (unpaired) electrons. The van der Waals surface area contributed by atoms with Crippen LogP contribution in [0.3, 0.4) is 0 Å². The van der Waals surface area contributed by atoms with E-state index in [1.807, 2.05) is 78.9 Å². The van der Waals surface area contributed by atoms with E-state index in [4.69, 9.17) is 9.47 Å². The van der Waals surface area contributed by atoms with Crippen molar-refractivity contribution >= 4 is 16.8 Å². The van der Waals surface area contributed by atoms with Gasteiger partial charge in [-0.05, 0) is 53.1 Å². The van der Waals surface area contributed by atoms with Crippen LogP contribution in [0.15, 0.2) is 103 Å². The topological polar surface area (TPSA) is 63.4 Å². The van der Waals surface area contributed by atoms with Gasteiger partial charge in [-0.1, -0.05) is 60.7 Å². The van der Waals surface area contributed by atoms with E-state index in [1.165, 1.54) is 12.1 Å². The summed E-state index contributed by atoms with van der Waals surface area (Å²) in [5.41, 5.74) is 4.01. The fourth-order valence-corrected chi connectivity index (χ4v) is 3.88. The van der Waals surface area contributed by atoms with E-state index in [2.05, 4.69) is 10.3 Å². The lowest BCUT2D eigenvalue weighted by Gasteiger charge is -2.13. The van der Waals surface area contributed by atoms with E-state index in [-0.39, 0.29) is 18.3 Å². The summed E-state index contributed by atoms with van der Waals surface area (Å²) in [5, 5.41) is 3.56. The maximum absolute atomic E-state index is 13.5. The van der Waals surface area contributed by atoms with Gasteiger partial charge in [0.25, 0.3) is 5.91 Å². The van der Waals surface area contributed by atoms with Crippen LogP contribution in [-0.2, 0) is 19.8 Å². The SMILES string of the molecule is O=C(NCc1cc(OCc2ccccc2)cc(OCc2ccccc2)c1)c1cc2cc(F)ccc2[nH]1. The van der Waals surface area contributed by atoms with Crippen LogP contribution in [0.4, 0.5) is 4.39 Å². The van der Waals surface area contributed by atoms with Gasteiger partial charge in [-0.3, -0.25) is 4.79 Å². The number of H-pyrrole nitrogens is 1. The van der Waals surface area contributed by atoms with Crippen LogP contribution < -0.4 is 14.8 Å². The zero-order valence-electron chi connectivity index (χ0n) is 19.5. The first-order chi connectivity index (χ1) is 17.6. The summed E-state index contributed by atoms with van der Waals surface area (Å²) < 4.78 is 25.6. The van der Waals surface area contributed by atoms with Gasteiger partial charge < -0.3 is 19.8 Å². The number of hydrogen-bond donors (Lipinski definition) is 2. The number of aromatic amines is 1. The molecule has 0 fully saturated rings. The minimum absolute atomic E-state index is 0.271. The molecule has 0 aliphatic heterocycles. The highest BCUT2D eigenvalue weighted by molar-refractivity contribution is 5.98. The van der Waals surface area contributed by atoms with E-state index in [1.54, 1.807) is 12.1 Å². The Labute approximate surface area is 208 Å². The lowest BCUT2D eigenvalue weighted by molar-refractivity contribution is 0.0946. The Morgan fingerprint density at radius 1 is 0.722 bits per heavy atom. The highest BCUT2D eigenvalue weighted by atomic mass is 19.1. The van der Waals surface area contributed by atoms with Crippen molar-refractivity contribution in [3.05, 3.63) is 131 Å². The molecule has 1 heterocycles. The highest BCUT2D eigenvalue weighted by Crippen LogP contribution is 2.25. The minimum Gasteiger partial charge on any atom is -0.489 e. The first-order valence-electron chi connectivity index (χ1n) is 11.7. The number of hydrogen-bond acceptors (Lipinski definition) is 3. The summed E-state index contributed by atoms with van der Waals surface area (Å²) in [6, 6.07) is 31.5. The van der Waals surface area contributed by atoms with Crippen LogP contribution in [-0.4, -0.2) is 10.9 Å². The number of nitrogens with one attached hydrogen (secondary N) is 2. The molecule has 0 saturated carbocycles. The molecule has 1 amide bonds. The van der Waals surface area contributed by atoms with E-state index >= 15 is 0 Å². The average Bonchev–Trinajstić information content (AvgIpc) is 3.34. The van der Waals surface area contributed by atoms with E-state index in [0.717, 1.165) is 16.7 Å². The first-order valence-corrected chi connectivity index (χ1v) is 11.7. The number of aromatic nitrogens is 1. The van der Waals surface area contributed by atoms with Crippen LogP contribution in [0, 0.1) is 5.82 Å². The fourth-order valence-electron chi connectivity index (χ4n) is 3.88. The summed E-state index contributed by atoms with van der Waals surface area (Å²) in [4.78, 5) is 15.8. The van der Waals surface area contributed by atoms with E-state index in [9.17, 15) is 9.18 Å². The van der Waals surface area contributed by atoms with E-state index < -0.39 is 0 Å². The molecule has 5 nitrogen and oxygen atoms in total. The van der Waals surface area contributed by atoms with Crippen molar-refractivity contribution in [1.82, 2.24) is 10.3 Å². The van der Waals surface area contributed by atoms with Gasteiger partial charge in [0, 0.05) is 23.5 Å². The summed E-state index contributed by atoms with van der Waals surface area (Å²) in [7, 11) is 0. The summed E-state index contributed by atoms with van der Waals surface area (Å²) >= 11 is 0. The maximum Gasteiger partial charge on any atom is 0.267 e. The van der Waals surface area contributed by atoms with Gasteiger partial charge in [-0.25, -0.2) is 4.39 Å². The van der Waals surface area contributed by atoms with Gasteiger partial charge in [-0.2, -0.15) is 0 Å². The smallest absolute Gasteiger partial charge is 0.267 e. The monoisotopic (exact) mass is 480 g/mol. The number of rotatable bonds is 9. The van der Waals surface area contributed by atoms with Crippen molar-refractivity contribution in [1.29, 1.82) is 0 Å². The number of fused-ring (bicyclic) bond motifs is 1. The molecule has 36 heavy (non-hydrogen) atoms. The van der Waals surface area contributed by atoms with Crippen LogP contribution >= 0.6 is 0 Å². The zero-order valence-corrected chi connectivity index (χ0v) is 19.5.